The number of amides is 1. The predicted octanol–water partition coefficient (Wildman–Crippen LogP) is 3.87. The number of benzene rings is 2. The first-order valence-electron chi connectivity index (χ1n) is 8.58. The van der Waals surface area contributed by atoms with Crippen LogP contribution in [0.3, 0.4) is 0 Å². The highest BCUT2D eigenvalue weighted by atomic mass is 19.4. The summed E-state index contributed by atoms with van der Waals surface area (Å²) in [6.07, 6.45) is -4.41. The quantitative estimate of drug-likeness (QED) is 0.764. The second kappa shape index (κ2) is 7.42. The van der Waals surface area contributed by atoms with Crippen LogP contribution in [0.5, 0.6) is 0 Å². The van der Waals surface area contributed by atoms with Crippen LogP contribution in [0.1, 0.15) is 33.2 Å². The van der Waals surface area contributed by atoms with Crippen molar-refractivity contribution in [3.05, 3.63) is 65.2 Å². The van der Waals surface area contributed by atoms with Crippen LogP contribution in [0, 0.1) is 0 Å². The van der Waals surface area contributed by atoms with Gasteiger partial charge in [-0.25, -0.2) is 0 Å². The summed E-state index contributed by atoms with van der Waals surface area (Å²) in [6.45, 7) is 3.71. The Bertz CT molecular complexity index is 822. The van der Waals surface area contributed by atoms with Crippen molar-refractivity contribution in [2.24, 2.45) is 0 Å². The summed E-state index contributed by atoms with van der Waals surface area (Å²) < 4.78 is 37.9. The predicted molar refractivity (Wildman–Crippen MR) is 96.0 cm³/mol. The molecule has 1 aliphatic rings. The van der Waals surface area contributed by atoms with Crippen molar-refractivity contribution in [1.82, 2.24) is 4.90 Å². The van der Waals surface area contributed by atoms with Gasteiger partial charge in [-0.05, 0) is 55.5 Å². The number of anilines is 1. The maximum atomic E-state index is 12.6. The van der Waals surface area contributed by atoms with Crippen molar-refractivity contribution in [3.63, 3.8) is 0 Å². The van der Waals surface area contributed by atoms with Crippen molar-refractivity contribution in [3.8, 4) is 0 Å². The van der Waals surface area contributed by atoms with Gasteiger partial charge in [0.05, 0.1) is 5.56 Å². The van der Waals surface area contributed by atoms with Gasteiger partial charge in [0.15, 0.2) is 5.78 Å². The molecule has 2 aromatic rings. The Hall–Kier alpha value is -2.83. The van der Waals surface area contributed by atoms with E-state index in [9.17, 15) is 22.8 Å². The maximum Gasteiger partial charge on any atom is 0.416 e. The van der Waals surface area contributed by atoms with E-state index < -0.39 is 11.7 Å². The third-order valence-corrected chi connectivity index (χ3v) is 4.67. The van der Waals surface area contributed by atoms with E-state index in [1.54, 1.807) is 17.0 Å². The molecule has 1 amide bonds. The van der Waals surface area contributed by atoms with E-state index in [4.69, 9.17) is 0 Å². The van der Waals surface area contributed by atoms with E-state index in [1.807, 2.05) is 12.1 Å². The molecule has 1 saturated heterocycles. The van der Waals surface area contributed by atoms with Crippen LogP contribution in [0.25, 0.3) is 0 Å². The molecule has 1 heterocycles. The molecule has 3 rings (SSSR count). The summed E-state index contributed by atoms with van der Waals surface area (Å²) in [5.74, 6) is -0.260. The van der Waals surface area contributed by atoms with Crippen LogP contribution in [0.2, 0.25) is 0 Å². The molecule has 7 heteroatoms. The Kier molecular flexibility index (Phi) is 5.21. The number of Topliss-reactive ketones (excluding diaryl/α,β-unsaturated/α-hetero) is 1. The number of carbonyl (C=O) groups excluding carboxylic acids is 2. The zero-order valence-corrected chi connectivity index (χ0v) is 14.8. The van der Waals surface area contributed by atoms with Gasteiger partial charge < -0.3 is 9.80 Å². The van der Waals surface area contributed by atoms with Crippen molar-refractivity contribution in [2.75, 3.05) is 31.1 Å². The summed E-state index contributed by atoms with van der Waals surface area (Å²) >= 11 is 0. The van der Waals surface area contributed by atoms with E-state index in [-0.39, 0.29) is 17.3 Å². The number of hydrogen-bond donors (Lipinski definition) is 0. The molecule has 0 saturated carbocycles. The van der Waals surface area contributed by atoms with Crippen molar-refractivity contribution in [2.45, 2.75) is 13.1 Å². The summed E-state index contributed by atoms with van der Waals surface area (Å²) in [5, 5.41) is 0. The first-order chi connectivity index (χ1) is 12.8. The highest BCUT2D eigenvalue weighted by Crippen LogP contribution is 2.29. The van der Waals surface area contributed by atoms with Crippen LogP contribution >= 0.6 is 0 Å². The van der Waals surface area contributed by atoms with Gasteiger partial charge >= 0.3 is 6.18 Å². The van der Waals surface area contributed by atoms with Crippen LogP contribution in [-0.2, 0) is 6.18 Å². The van der Waals surface area contributed by atoms with Crippen molar-refractivity contribution in [1.29, 1.82) is 0 Å². The number of halogens is 3. The van der Waals surface area contributed by atoms with Crippen molar-refractivity contribution < 1.29 is 22.8 Å². The van der Waals surface area contributed by atoms with Crippen LogP contribution < -0.4 is 4.90 Å². The van der Waals surface area contributed by atoms with Crippen LogP contribution in [0.15, 0.2) is 48.5 Å². The number of rotatable bonds is 3. The van der Waals surface area contributed by atoms with E-state index in [0.29, 0.717) is 31.7 Å². The Morgan fingerprint density at radius 2 is 1.33 bits per heavy atom. The molecule has 27 heavy (non-hydrogen) atoms. The van der Waals surface area contributed by atoms with Gasteiger partial charge in [0.2, 0.25) is 0 Å². The summed E-state index contributed by atoms with van der Waals surface area (Å²) in [4.78, 5) is 27.6. The molecule has 1 aliphatic heterocycles. The number of carbonyl (C=O) groups is 2. The lowest BCUT2D eigenvalue weighted by Crippen LogP contribution is -2.48. The highest BCUT2D eigenvalue weighted by Gasteiger charge is 2.30. The topological polar surface area (TPSA) is 40.6 Å². The molecule has 0 aliphatic carbocycles. The Morgan fingerprint density at radius 3 is 1.81 bits per heavy atom. The highest BCUT2D eigenvalue weighted by molar-refractivity contribution is 5.95. The summed E-state index contributed by atoms with van der Waals surface area (Å²) in [7, 11) is 0. The SMILES string of the molecule is CC(=O)c1ccc(N2CCN(C(=O)c3ccc(C(F)(F)F)cc3)CC2)cc1. The number of hydrogen-bond acceptors (Lipinski definition) is 3. The number of alkyl halides is 3. The molecular weight excluding hydrogens is 357 g/mol. The lowest BCUT2D eigenvalue weighted by molar-refractivity contribution is -0.137. The molecule has 4 nitrogen and oxygen atoms in total. The molecular formula is C20H19F3N2O2. The Balaban J connectivity index is 1.61. The molecule has 2 aromatic carbocycles. The third kappa shape index (κ3) is 4.30. The zero-order chi connectivity index (χ0) is 19.6. The van der Waals surface area contributed by atoms with Crippen LogP contribution in [0.4, 0.5) is 18.9 Å². The normalized spacial score (nSPS) is 15.0. The fourth-order valence-corrected chi connectivity index (χ4v) is 3.06. The maximum absolute atomic E-state index is 12.6. The minimum atomic E-state index is -4.41. The van der Waals surface area contributed by atoms with E-state index >= 15 is 0 Å². The third-order valence-electron chi connectivity index (χ3n) is 4.67. The van der Waals surface area contributed by atoms with Gasteiger partial charge in [-0.1, -0.05) is 0 Å². The zero-order valence-electron chi connectivity index (χ0n) is 14.8. The van der Waals surface area contributed by atoms with Gasteiger partial charge in [-0.15, -0.1) is 0 Å². The molecule has 0 radical (unpaired) electrons. The molecule has 0 N–H and O–H groups in total. The average molecular weight is 376 g/mol. The molecule has 0 aromatic heterocycles. The average Bonchev–Trinajstić information content (AvgIpc) is 2.67. The molecule has 0 spiro atoms. The van der Waals surface area contributed by atoms with E-state index in [1.165, 1.54) is 19.1 Å². The lowest BCUT2D eigenvalue weighted by atomic mass is 10.1. The minimum absolute atomic E-state index is 0.00788. The fourth-order valence-electron chi connectivity index (χ4n) is 3.06. The number of nitrogens with zero attached hydrogens (tertiary/aromatic N) is 2. The first kappa shape index (κ1) is 18.9. The summed E-state index contributed by atoms with van der Waals surface area (Å²) in [6, 6.07) is 11.6. The Labute approximate surface area is 155 Å². The van der Waals surface area contributed by atoms with Gasteiger partial charge in [-0.2, -0.15) is 13.2 Å². The van der Waals surface area contributed by atoms with E-state index in [2.05, 4.69) is 4.90 Å². The molecule has 1 fully saturated rings. The number of ketones is 1. The Morgan fingerprint density at radius 1 is 0.815 bits per heavy atom. The van der Waals surface area contributed by atoms with Gasteiger partial charge in [-0.3, -0.25) is 9.59 Å². The molecule has 142 valence electrons. The van der Waals surface area contributed by atoms with Gasteiger partial charge in [0, 0.05) is 43.0 Å². The van der Waals surface area contributed by atoms with E-state index in [0.717, 1.165) is 17.8 Å². The molecule has 0 bridgehead atoms. The van der Waals surface area contributed by atoms with Gasteiger partial charge in [0.25, 0.3) is 5.91 Å². The fraction of sp³-hybridized carbons (Fsp3) is 0.300. The minimum Gasteiger partial charge on any atom is -0.368 e. The standard InChI is InChI=1S/C20H19F3N2O2/c1-14(26)15-4-8-18(9-5-15)24-10-12-25(13-11-24)19(27)16-2-6-17(7-3-16)20(21,22)23/h2-9H,10-13H2,1H3. The first-order valence-corrected chi connectivity index (χ1v) is 8.58. The van der Waals surface area contributed by atoms with Crippen LogP contribution in [-0.4, -0.2) is 42.8 Å². The molecule has 0 atom stereocenters. The number of piperazine rings is 1. The smallest absolute Gasteiger partial charge is 0.368 e. The summed E-state index contributed by atoms with van der Waals surface area (Å²) in [5.41, 5.74) is 1.11. The second-order valence-electron chi connectivity index (χ2n) is 6.46. The second-order valence-corrected chi connectivity index (χ2v) is 6.46. The van der Waals surface area contributed by atoms with Gasteiger partial charge in [0.1, 0.15) is 0 Å². The largest absolute Gasteiger partial charge is 0.416 e. The van der Waals surface area contributed by atoms with Crippen molar-refractivity contribution >= 4 is 17.4 Å². The molecule has 0 unspecified atom stereocenters. The monoisotopic (exact) mass is 376 g/mol. The lowest BCUT2D eigenvalue weighted by Gasteiger charge is -2.36.